The summed E-state index contributed by atoms with van der Waals surface area (Å²) in [6.45, 7) is 6.51. The van der Waals surface area contributed by atoms with Gasteiger partial charge in [0.15, 0.2) is 0 Å². The number of ether oxygens (including phenoxy) is 3. The van der Waals surface area contributed by atoms with Gasteiger partial charge in [-0.25, -0.2) is 0 Å². The highest BCUT2D eigenvalue weighted by molar-refractivity contribution is 5.38. The number of hydrogen-bond acceptors (Lipinski definition) is 5. The van der Waals surface area contributed by atoms with E-state index in [2.05, 4.69) is 30.9 Å². The summed E-state index contributed by atoms with van der Waals surface area (Å²) in [5.74, 6) is 2.84. The Hall–Kier alpha value is -2.24. The fraction of sp³-hybridized carbons (Fsp3) is 0.478. The summed E-state index contributed by atoms with van der Waals surface area (Å²) >= 11 is 0. The molecule has 0 radical (unpaired) electrons. The van der Waals surface area contributed by atoms with E-state index in [-0.39, 0.29) is 6.10 Å². The standard InChI is InChI=1S/C23H31NO4/c1-16(2)18-6-5-7-19(12-18)28-23-8-9-24(15-22(23)25)14-17-10-20(26-3)13-21(11-17)27-4/h5-7,10-13,16,22-23,25H,8-9,14-15H2,1-4H3/t22-,23-/m1/s1. The van der Waals surface area contributed by atoms with Crippen LogP contribution in [0.15, 0.2) is 42.5 Å². The van der Waals surface area contributed by atoms with Crippen LogP contribution in [-0.4, -0.2) is 49.5 Å². The highest BCUT2D eigenvalue weighted by atomic mass is 16.5. The Morgan fingerprint density at radius 3 is 2.36 bits per heavy atom. The number of β-amino-alcohol motifs (C(OH)–C–C–N with tert-alkyl or cyclic N) is 1. The summed E-state index contributed by atoms with van der Waals surface area (Å²) in [6.07, 6.45) is 0.0798. The van der Waals surface area contributed by atoms with Crippen molar-refractivity contribution < 1.29 is 19.3 Å². The molecule has 0 aromatic heterocycles. The summed E-state index contributed by atoms with van der Waals surface area (Å²) in [4.78, 5) is 2.24. The molecule has 1 N–H and O–H groups in total. The van der Waals surface area contributed by atoms with Crippen molar-refractivity contribution in [2.45, 2.75) is 44.9 Å². The molecule has 28 heavy (non-hydrogen) atoms. The zero-order chi connectivity index (χ0) is 20.1. The van der Waals surface area contributed by atoms with Crippen molar-refractivity contribution in [1.29, 1.82) is 0 Å². The molecule has 5 heteroatoms. The first-order valence-electron chi connectivity index (χ1n) is 9.87. The van der Waals surface area contributed by atoms with Crippen LogP contribution >= 0.6 is 0 Å². The molecule has 1 saturated heterocycles. The Bertz CT molecular complexity index is 755. The van der Waals surface area contributed by atoms with Crippen LogP contribution in [0.4, 0.5) is 0 Å². The van der Waals surface area contributed by atoms with Gasteiger partial charge in [0, 0.05) is 25.7 Å². The molecule has 0 unspecified atom stereocenters. The van der Waals surface area contributed by atoms with Crippen LogP contribution < -0.4 is 14.2 Å². The normalized spacial score (nSPS) is 20.2. The summed E-state index contributed by atoms with van der Waals surface area (Å²) in [5.41, 5.74) is 2.35. The van der Waals surface area contributed by atoms with Gasteiger partial charge in [-0.3, -0.25) is 4.90 Å². The molecule has 0 bridgehead atoms. The molecule has 0 aliphatic carbocycles. The fourth-order valence-electron chi connectivity index (χ4n) is 3.59. The van der Waals surface area contributed by atoms with Gasteiger partial charge >= 0.3 is 0 Å². The molecule has 3 rings (SSSR count). The van der Waals surface area contributed by atoms with Crippen LogP contribution in [0.3, 0.4) is 0 Å². The number of aliphatic hydroxyl groups excluding tert-OH is 1. The number of aliphatic hydroxyl groups is 1. The van der Waals surface area contributed by atoms with Crippen molar-refractivity contribution >= 4 is 0 Å². The molecule has 2 aromatic rings. The molecular weight excluding hydrogens is 354 g/mol. The van der Waals surface area contributed by atoms with Gasteiger partial charge in [0.25, 0.3) is 0 Å². The smallest absolute Gasteiger partial charge is 0.127 e. The topological polar surface area (TPSA) is 51.2 Å². The minimum atomic E-state index is -0.524. The predicted molar refractivity (Wildman–Crippen MR) is 110 cm³/mol. The lowest BCUT2D eigenvalue weighted by atomic mass is 10.0. The SMILES string of the molecule is COc1cc(CN2CC[C@@H](Oc3cccc(C(C)C)c3)[C@H](O)C2)cc(OC)c1. The number of hydrogen-bond donors (Lipinski definition) is 1. The third-order valence-corrected chi connectivity index (χ3v) is 5.23. The van der Waals surface area contributed by atoms with E-state index in [0.29, 0.717) is 12.5 Å². The molecular formula is C23H31NO4. The van der Waals surface area contributed by atoms with E-state index in [0.717, 1.165) is 42.3 Å². The van der Waals surface area contributed by atoms with Crippen LogP contribution in [0.2, 0.25) is 0 Å². The molecule has 1 aliphatic rings. The van der Waals surface area contributed by atoms with Gasteiger partial charge in [-0.2, -0.15) is 0 Å². The number of benzene rings is 2. The van der Waals surface area contributed by atoms with Crippen molar-refractivity contribution in [3.63, 3.8) is 0 Å². The first-order chi connectivity index (χ1) is 13.5. The van der Waals surface area contributed by atoms with E-state index in [1.54, 1.807) is 14.2 Å². The summed E-state index contributed by atoms with van der Waals surface area (Å²) in [5, 5.41) is 10.6. The Balaban J connectivity index is 1.60. The van der Waals surface area contributed by atoms with Gasteiger partial charge in [-0.05, 0) is 47.7 Å². The van der Waals surface area contributed by atoms with Crippen molar-refractivity contribution in [3.8, 4) is 17.2 Å². The van der Waals surface area contributed by atoms with E-state index >= 15 is 0 Å². The van der Waals surface area contributed by atoms with Crippen LogP contribution in [0, 0.1) is 0 Å². The maximum absolute atomic E-state index is 10.6. The van der Waals surface area contributed by atoms with Crippen LogP contribution in [-0.2, 0) is 6.54 Å². The molecule has 152 valence electrons. The lowest BCUT2D eigenvalue weighted by Crippen LogP contribution is -2.48. The fourth-order valence-corrected chi connectivity index (χ4v) is 3.59. The summed E-state index contributed by atoms with van der Waals surface area (Å²) < 4.78 is 16.8. The van der Waals surface area contributed by atoms with Crippen molar-refractivity contribution in [2.75, 3.05) is 27.3 Å². The molecule has 2 atom stereocenters. The minimum Gasteiger partial charge on any atom is -0.497 e. The van der Waals surface area contributed by atoms with Gasteiger partial charge in [-0.1, -0.05) is 26.0 Å². The Labute approximate surface area is 167 Å². The highest BCUT2D eigenvalue weighted by Gasteiger charge is 2.29. The van der Waals surface area contributed by atoms with E-state index in [1.807, 2.05) is 30.3 Å². The molecule has 1 fully saturated rings. The zero-order valence-electron chi connectivity index (χ0n) is 17.2. The minimum absolute atomic E-state index is 0.182. The van der Waals surface area contributed by atoms with Gasteiger partial charge in [0.1, 0.15) is 29.5 Å². The summed E-state index contributed by atoms with van der Waals surface area (Å²) in [7, 11) is 3.30. The second kappa shape index (κ2) is 9.30. The molecule has 5 nitrogen and oxygen atoms in total. The Morgan fingerprint density at radius 2 is 1.75 bits per heavy atom. The van der Waals surface area contributed by atoms with E-state index < -0.39 is 6.10 Å². The number of piperidine rings is 1. The van der Waals surface area contributed by atoms with Crippen molar-refractivity contribution in [1.82, 2.24) is 4.90 Å². The Morgan fingerprint density at radius 1 is 1.04 bits per heavy atom. The molecule has 1 aliphatic heterocycles. The van der Waals surface area contributed by atoms with Gasteiger partial charge in [0.05, 0.1) is 14.2 Å². The van der Waals surface area contributed by atoms with Crippen LogP contribution in [0.25, 0.3) is 0 Å². The highest BCUT2D eigenvalue weighted by Crippen LogP contribution is 2.26. The molecule has 0 spiro atoms. The van der Waals surface area contributed by atoms with Gasteiger partial charge in [0.2, 0.25) is 0 Å². The summed E-state index contributed by atoms with van der Waals surface area (Å²) in [6, 6.07) is 14.1. The monoisotopic (exact) mass is 385 g/mol. The van der Waals surface area contributed by atoms with Crippen molar-refractivity contribution in [3.05, 3.63) is 53.6 Å². The zero-order valence-corrected chi connectivity index (χ0v) is 17.2. The van der Waals surface area contributed by atoms with E-state index in [1.165, 1.54) is 5.56 Å². The van der Waals surface area contributed by atoms with Crippen molar-refractivity contribution in [2.24, 2.45) is 0 Å². The lowest BCUT2D eigenvalue weighted by molar-refractivity contribution is -0.0275. The average Bonchev–Trinajstić information content (AvgIpc) is 2.70. The van der Waals surface area contributed by atoms with Crippen LogP contribution in [0.5, 0.6) is 17.2 Å². The largest absolute Gasteiger partial charge is 0.497 e. The lowest BCUT2D eigenvalue weighted by Gasteiger charge is -2.36. The maximum atomic E-state index is 10.6. The Kier molecular flexibility index (Phi) is 6.81. The second-order valence-corrected chi connectivity index (χ2v) is 7.70. The number of methoxy groups -OCH3 is 2. The van der Waals surface area contributed by atoms with E-state index in [4.69, 9.17) is 14.2 Å². The first-order valence-corrected chi connectivity index (χ1v) is 9.87. The first kappa shape index (κ1) is 20.5. The molecule has 1 heterocycles. The molecule has 0 amide bonds. The molecule has 2 aromatic carbocycles. The van der Waals surface area contributed by atoms with E-state index in [9.17, 15) is 5.11 Å². The van der Waals surface area contributed by atoms with Gasteiger partial charge < -0.3 is 19.3 Å². The number of rotatable bonds is 7. The second-order valence-electron chi connectivity index (χ2n) is 7.70. The van der Waals surface area contributed by atoms with Crippen LogP contribution in [0.1, 0.15) is 37.3 Å². The molecule has 0 saturated carbocycles. The third kappa shape index (κ3) is 5.18. The predicted octanol–water partition coefficient (Wildman–Crippen LogP) is 3.84. The quantitative estimate of drug-likeness (QED) is 0.785. The third-order valence-electron chi connectivity index (χ3n) is 5.23. The number of likely N-dealkylation sites (tertiary alicyclic amines) is 1. The number of nitrogens with zero attached hydrogens (tertiary/aromatic N) is 1. The maximum Gasteiger partial charge on any atom is 0.127 e. The van der Waals surface area contributed by atoms with Gasteiger partial charge in [-0.15, -0.1) is 0 Å². The average molecular weight is 386 g/mol.